The fourth-order valence-corrected chi connectivity index (χ4v) is 2.79. The summed E-state index contributed by atoms with van der Waals surface area (Å²) in [5.74, 6) is -1.14. The van der Waals surface area contributed by atoms with Crippen LogP contribution in [-0.4, -0.2) is 24.2 Å². The van der Waals surface area contributed by atoms with E-state index in [1.807, 2.05) is 0 Å². The molecule has 10 heteroatoms. The number of fused-ring (bicyclic) bond motifs is 1. The molecule has 0 aliphatic carbocycles. The van der Waals surface area contributed by atoms with Crippen LogP contribution >= 0.6 is 11.6 Å². The Bertz CT molecular complexity index is 1060. The van der Waals surface area contributed by atoms with Crippen LogP contribution in [0.25, 0.3) is 11.1 Å². The van der Waals surface area contributed by atoms with Gasteiger partial charge in [0.05, 0.1) is 12.6 Å². The van der Waals surface area contributed by atoms with Gasteiger partial charge in [0.25, 0.3) is 0 Å². The highest BCUT2D eigenvalue weighted by Crippen LogP contribution is 2.31. The summed E-state index contributed by atoms with van der Waals surface area (Å²) in [6.07, 6.45) is -0.0474. The Morgan fingerprint density at radius 2 is 2.04 bits per heavy atom. The summed E-state index contributed by atoms with van der Waals surface area (Å²) in [5.41, 5.74) is 1.08. The minimum atomic E-state index is -3.03. The average Bonchev–Trinajstić information content (AvgIpc) is 2.94. The largest absolute Gasteiger partial charge is 0.493 e. The van der Waals surface area contributed by atoms with E-state index in [0.29, 0.717) is 16.1 Å². The first-order valence-corrected chi connectivity index (χ1v) is 8.47. The molecule has 28 heavy (non-hydrogen) atoms. The zero-order valence-electron chi connectivity index (χ0n) is 14.6. The van der Waals surface area contributed by atoms with E-state index in [1.54, 1.807) is 12.1 Å². The number of hydrogen-bond donors (Lipinski definition) is 1. The van der Waals surface area contributed by atoms with Gasteiger partial charge in [-0.05, 0) is 24.3 Å². The Hall–Kier alpha value is -3.07. The van der Waals surface area contributed by atoms with Crippen LogP contribution in [0.5, 0.6) is 11.5 Å². The highest BCUT2D eigenvalue weighted by Gasteiger charge is 2.14. The summed E-state index contributed by atoms with van der Waals surface area (Å²) >= 11 is 5.86. The van der Waals surface area contributed by atoms with Crippen molar-refractivity contribution >= 4 is 34.3 Å². The molecule has 0 atom stereocenters. The number of anilines is 1. The number of carbonyl (C=O) groups is 1. The molecule has 0 saturated carbocycles. The van der Waals surface area contributed by atoms with E-state index in [4.69, 9.17) is 20.8 Å². The number of benzene rings is 2. The molecule has 148 valence electrons. The minimum Gasteiger partial charge on any atom is -0.493 e. The monoisotopic (exact) mass is 412 g/mol. The van der Waals surface area contributed by atoms with Crippen LogP contribution in [0.15, 0.2) is 45.6 Å². The Morgan fingerprint density at radius 1 is 1.25 bits per heavy atom. The van der Waals surface area contributed by atoms with Gasteiger partial charge in [0.15, 0.2) is 17.1 Å². The molecule has 7 nitrogen and oxygen atoms in total. The second-order valence-corrected chi connectivity index (χ2v) is 6.11. The zero-order chi connectivity index (χ0) is 20.3. The first kappa shape index (κ1) is 19.7. The third-order valence-corrected chi connectivity index (χ3v) is 4.09. The van der Waals surface area contributed by atoms with E-state index < -0.39 is 18.3 Å². The van der Waals surface area contributed by atoms with Crippen LogP contribution in [0.4, 0.5) is 14.5 Å². The number of ether oxygens (including phenoxy) is 2. The van der Waals surface area contributed by atoms with Crippen molar-refractivity contribution < 1.29 is 27.5 Å². The number of aromatic nitrogens is 1. The molecule has 1 N–H and O–H groups in total. The molecule has 1 heterocycles. The molecule has 0 saturated heterocycles. The van der Waals surface area contributed by atoms with Crippen LogP contribution in [0.3, 0.4) is 0 Å². The number of aryl methyl sites for hydroxylation is 1. The van der Waals surface area contributed by atoms with Crippen LogP contribution in [0.2, 0.25) is 5.02 Å². The summed E-state index contributed by atoms with van der Waals surface area (Å²) in [6.45, 7) is -2.97. The number of methoxy groups -OCH3 is 1. The molecule has 3 aromatic rings. The average molecular weight is 413 g/mol. The van der Waals surface area contributed by atoms with E-state index >= 15 is 0 Å². The van der Waals surface area contributed by atoms with Gasteiger partial charge in [-0.2, -0.15) is 8.78 Å². The Kier molecular flexibility index (Phi) is 5.84. The second kappa shape index (κ2) is 8.30. The molecule has 0 radical (unpaired) electrons. The summed E-state index contributed by atoms with van der Waals surface area (Å²) in [6, 6.07) is 8.85. The van der Waals surface area contributed by atoms with Crippen molar-refractivity contribution in [2.45, 2.75) is 19.6 Å². The van der Waals surface area contributed by atoms with Crippen molar-refractivity contribution in [2.75, 3.05) is 12.4 Å². The first-order chi connectivity index (χ1) is 13.4. The van der Waals surface area contributed by atoms with Gasteiger partial charge in [0.2, 0.25) is 5.91 Å². The lowest BCUT2D eigenvalue weighted by molar-refractivity contribution is -0.116. The molecule has 1 amide bonds. The van der Waals surface area contributed by atoms with Crippen molar-refractivity contribution in [3.63, 3.8) is 0 Å². The molecule has 0 aliphatic heterocycles. The van der Waals surface area contributed by atoms with E-state index in [-0.39, 0.29) is 30.2 Å². The maximum absolute atomic E-state index is 12.5. The third-order valence-electron chi connectivity index (χ3n) is 3.86. The highest BCUT2D eigenvalue weighted by atomic mass is 35.5. The van der Waals surface area contributed by atoms with E-state index in [2.05, 4.69) is 10.1 Å². The number of halogens is 3. The molecular weight excluding hydrogens is 398 g/mol. The summed E-state index contributed by atoms with van der Waals surface area (Å²) < 4.78 is 40.7. The number of alkyl halides is 2. The van der Waals surface area contributed by atoms with Crippen LogP contribution in [0.1, 0.15) is 6.42 Å². The number of carbonyl (C=O) groups excluding carboxylic acids is 1. The van der Waals surface area contributed by atoms with E-state index in [1.165, 1.54) is 35.9 Å². The molecular formula is C18H15ClF2N2O5. The van der Waals surface area contributed by atoms with Gasteiger partial charge in [-0.1, -0.05) is 11.6 Å². The van der Waals surface area contributed by atoms with Gasteiger partial charge in [0.1, 0.15) is 0 Å². The van der Waals surface area contributed by atoms with Gasteiger partial charge in [-0.15, -0.1) is 0 Å². The lowest BCUT2D eigenvalue weighted by Gasteiger charge is -2.12. The van der Waals surface area contributed by atoms with Crippen LogP contribution in [0, 0.1) is 0 Å². The van der Waals surface area contributed by atoms with Crippen LogP contribution < -0.4 is 20.5 Å². The van der Waals surface area contributed by atoms with Gasteiger partial charge >= 0.3 is 12.4 Å². The van der Waals surface area contributed by atoms with Crippen LogP contribution in [-0.2, 0) is 11.3 Å². The molecule has 2 aromatic carbocycles. The number of rotatable bonds is 7. The molecule has 0 aliphatic rings. The lowest BCUT2D eigenvalue weighted by Crippen LogP contribution is -2.19. The summed E-state index contributed by atoms with van der Waals surface area (Å²) in [4.78, 5) is 24.2. The van der Waals surface area contributed by atoms with Gasteiger partial charge < -0.3 is 19.2 Å². The molecule has 0 bridgehead atoms. The quantitative estimate of drug-likeness (QED) is 0.636. The first-order valence-electron chi connectivity index (χ1n) is 8.09. The fraction of sp³-hybridized carbons (Fsp3) is 0.222. The Labute approximate surface area is 162 Å². The maximum Gasteiger partial charge on any atom is 0.419 e. The number of nitrogens with one attached hydrogen (secondary N) is 1. The van der Waals surface area contributed by atoms with E-state index in [9.17, 15) is 18.4 Å². The molecule has 0 unspecified atom stereocenters. The standard InChI is InChI=1S/C18H15ClF2N2O5/c1-26-13-5-3-11(9-15(13)27-17(20)21)22-16(24)6-7-23-12-4-2-10(19)8-14(12)28-18(23)25/h2-5,8-9,17H,6-7H2,1H3,(H,22,24). The predicted octanol–water partition coefficient (Wildman–Crippen LogP) is 3.89. The third kappa shape index (κ3) is 4.42. The zero-order valence-corrected chi connectivity index (χ0v) is 15.3. The Morgan fingerprint density at radius 3 is 2.75 bits per heavy atom. The topological polar surface area (TPSA) is 82.7 Å². The van der Waals surface area contributed by atoms with Crippen molar-refractivity contribution in [2.24, 2.45) is 0 Å². The lowest BCUT2D eigenvalue weighted by atomic mass is 10.2. The van der Waals surface area contributed by atoms with Crippen molar-refractivity contribution in [3.05, 3.63) is 52.0 Å². The minimum absolute atomic E-state index is 0.0474. The number of oxazole rings is 1. The van der Waals surface area contributed by atoms with Gasteiger partial charge in [-0.3, -0.25) is 9.36 Å². The number of amides is 1. The van der Waals surface area contributed by atoms with Gasteiger partial charge in [-0.25, -0.2) is 4.79 Å². The number of nitrogens with zero attached hydrogens (tertiary/aromatic N) is 1. The smallest absolute Gasteiger partial charge is 0.419 e. The van der Waals surface area contributed by atoms with E-state index in [0.717, 1.165) is 0 Å². The number of hydrogen-bond acceptors (Lipinski definition) is 5. The SMILES string of the molecule is COc1ccc(NC(=O)CCn2c(=O)oc3cc(Cl)ccc32)cc1OC(F)F. The van der Waals surface area contributed by atoms with Crippen molar-refractivity contribution in [1.82, 2.24) is 4.57 Å². The molecule has 0 fully saturated rings. The maximum atomic E-state index is 12.5. The molecule has 0 spiro atoms. The second-order valence-electron chi connectivity index (χ2n) is 5.67. The summed E-state index contributed by atoms with van der Waals surface area (Å²) in [5, 5.41) is 2.98. The molecule has 3 rings (SSSR count). The van der Waals surface area contributed by atoms with Crippen molar-refractivity contribution in [3.8, 4) is 11.5 Å². The Balaban J connectivity index is 1.70. The fourth-order valence-electron chi connectivity index (χ4n) is 2.63. The normalized spacial score (nSPS) is 11.0. The summed E-state index contributed by atoms with van der Waals surface area (Å²) in [7, 11) is 1.31. The predicted molar refractivity (Wildman–Crippen MR) is 98.4 cm³/mol. The molecule has 1 aromatic heterocycles. The van der Waals surface area contributed by atoms with Gasteiger partial charge in [0, 0.05) is 35.8 Å². The highest BCUT2D eigenvalue weighted by molar-refractivity contribution is 6.31. The van der Waals surface area contributed by atoms with Crippen molar-refractivity contribution in [1.29, 1.82) is 0 Å².